The van der Waals surface area contributed by atoms with Crippen LogP contribution in [0.2, 0.25) is 0 Å². The number of carboxylic acid groups (broad SMARTS) is 1. The number of nitrogens with one attached hydrogen (secondary N) is 1. The summed E-state index contributed by atoms with van der Waals surface area (Å²) in [5, 5.41) is 20.3. The Hall–Kier alpha value is -0.910. The van der Waals surface area contributed by atoms with Gasteiger partial charge in [-0.15, -0.1) is 0 Å². The van der Waals surface area contributed by atoms with Crippen molar-refractivity contribution < 1.29 is 39.5 Å². The fraction of sp³-hybridized carbons (Fsp3) is 0. The van der Waals surface area contributed by atoms with Gasteiger partial charge >= 0.3 is 29.6 Å². The van der Waals surface area contributed by atoms with E-state index in [1.54, 1.807) is 12.1 Å². The van der Waals surface area contributed by atoms with Crippen molar-refractivity contribution in [2.45, 2.75) is 0 Å². The molecule has 0 bridgehead atoms. The molecule has 0 atom stereocenters. The molecule has 0 aliphatic carbocycles. The number of fused-ring (bicyclic) bond motifs is 1. The third kappa shape index (κ3) is 1.72. The summed E-state index contributed by atoms with van der Waals surface area (Å²) in [7, 11) is 0. The van der Waals surface area contributed by atoms with Crippen molar-refractivity contribution in [3.63, 3.8) is 0 Å². The molecule has 0 saturated carbocycles. The number of aromatic carboxylic acids is 1. The van der Waals surface area contributed by atoms with Gasteiger partial charge in [0.2, 0.25) is 0 Å². The molecule has 0 radical (unpaired) electrons. The molecule has 1 aromatic heterocycles. The normalized spacial score (nSPS) is 9.54. The number of hydrogen-bond acceptors (Lipinski definition) is 4. The zero-order valence-corrected chi connectivity index (χ0v) is 8.94. The van der Waals surface area contributed by atoms with Crippen molar-refractivity contribution >= 4 is 17.0 Å². The van der Waals surface area contributed by atoms with Crippen molar-refractivity contribution in [3.8, 4) is 0 Å². The quantitative estimate of drug-likeness (QED) is 0.464. The Morgan fingerprint density at radius 3 is 2.85 bits per heavy atom. The average Bonchev–Trinajstić information content (AvgIpc) is 2.49. The zero-order chi connectivity index (χ0) is 8.55. The van der Waals surface area contributed by atoms with Gasteiger partial charge in [-0.05, 0) is 6.07 Å². The summed E-state index contributed by atoms with van der Waals surface area (Å²) in [6.45, 7) is 0. The first-order valence-corrected chi connectivity index (χ1v) is 3.30. The van der Waals surface area contributed by atoms with E-state index in [9.17, 15) is 9.90 Å². The van der Waals surface area contributed by atoms with Crippen LogP contribution in [0, 0.1) is 0 Å². The van der Waals surface area contributed by atoms with E-state index in [2.05, 4.69) is 15.4 Å². The molecule has 0 fully saturated rings. The first kappa shape index (κ1) is 10.2. The van der Waals surface area contributed by atoms with Crippen LogP contribution in [0.3, 0.4) is 0 Å². The smallest absolute Gasteiger partial charge is 0.545 e. The van der Waals surface area contributed by atoms with Gasteiger partial charge < -0.3 is 9.90 Å². The molecule has 0 amide bonds. The van der Waals surface area contributed by atoms with Crippen LogP contribution in [0.4, 0.5) is 0 Å². The van der Waals surface area contributed by atoms with Gasteiger partial charge in [0.1, 0.15) is 11.0 Å². The first-order chi connectivity index (χ1) is 5.79. The van der Waals surface area contributed by atoms with Gasteiger partial charge in [-0.25, -0.2) is 0 Å². The first-order valence-electron chi connectivity index (χ1n) is 3.30. The van der Waals surface area contributed by atoms with E-state index in [1.807, 2.05) is 0 Å². The van der Waals surface area contributed by atoms with Gasteiger partial charge in [-0.3, -0.25) is 0 Å². The number of hydrogen-bond donors (Lipinski definition) is 1. The van der Waals surface area contributed by atoms with Gasteiger partial charge in [0.25, 0.3) is 0 Å². The maximum absolute atomic E-state index is 10.5. The number of rotatable bonds is 1. The Morgan fingerprint density at radius 1 is 1.38 bits per heavy atom. The molecular formula is C7H4N3NaO2. The number of carbonyl (C=O) groups is 1. The van der Waals surface area contributed by atoms with Crippen LogP contribution >= 0.6 is 0 Å². The summed E-state index contributed by atoms with van der Waals surface area (Å²) >= 11 is 0. The number of aromatic amines is 1. The number of H-pyrrole nitrogens is 1. The standard InChI is InChI=1S/C7H5N3O2.Na/c11-7(12)4-2-1-3-5-6(4)9-10-8-5;/h1-3H,(H,11,12)(H,8,9,10);/q;+1/p-1. The third-order valence-corrected chi connectivity index (χ3v) is 1.57. The Bertz CT molecular complexity index is 440. The van der Waals surface area contributed by atoms with E-state index < -0.39 is 5.97 Å². The maximum Gasteiger partial charge on any atom is 1.00 e. The topological polar surface area (TPSA) is 81.7 Å². The molecule has 0 aliphatic rings. The van der Waals surface area contributed by atoms with Crippen LogP contribution in [-0.2, 0) is 0 Å². The van der Waals surface area contributed by atoms with E-state index in [0.717, 1.165) is 0 Å². The van der Waals surface area contributed by atoms with Crippen LogP contribution in [0.1, 0.15) is 10.4 Å². The van der Waals surface area contributed by atoms with Gasteiger partial charge in [-0.1, -0.05) is 12.1 Å². The number of carbonyl (C=O) groups excluding carboxylic acids is 1. The molecule has 60 valence electrons. The molecule has 5 nitrogen and oxygen atoms in total. The van der Waals surface area contributed by atoms with E-state index >= 15 is 0 Å². The van der Waals surface area contributed by atoms with Gasteiger partial charge in [0, 0.05) is 5.56 Å². The van der Waals surface area contributed by atoms with Crippen molar-refractivity contribution in [2.75, 3.05) is 0 Å². The largest absolute Gasteiger partial charge is 1.00 e. The monoisotopic (exact) mass is 185 g/mol. The Morgan fingerprint density at radius 2 is 2.15 bits per heavy atom. The van der Waals surface area contributed by atoms with E-state index in [1.165, 1.54) is 6.07 Å². The number of para-hydroxylation sites is 1. The third-order valence-electron chi connectivity index (χ3n) is 1.57. The van der Waals surface area contributed by atoms with Crippen molar-refractivity contribution in [2.24, 2.45) is 0 Å². The molecule has 0 spiro atoms. The van der Waals surface area contributed by atoms with E-state index in [4.69, 9.17) is 0 Å². The zero-order valence-electron chi connectivity index (χ0n) is 6.94. The average molecular weight is 185 g/mol. The van der Waals surface area contributed by atoms with Crippen LogP contribution in [0.15, 0.2) is 18.2 Å². The van der Waals surface area contributed by atoms with Crippen LogP contribution in [-0.4, -0.2) is 21.4 Å². The second-order valence-corrected chi connectivity index (χ2v) is 2.28. The summed E-state index contributed by atoms with van der Waals surface area (Å²) in [4.78, 5) is 10.5. The second kappa shape index (κ2) is 3.87. The molecule has 1 N–H and O–H groups in total. The Balaban J connectivity index is 0.000000845. The summed E-state index contributed by atoms with van der Waals surface area (Å²) < 4.78 is 0. The summed E-state index contributed by atoms with van der Waals surface area (Å²) in [5.74, 6) is -1.24. The van der Waals surface area contributed by atoms with E-state index in [-0.39, 0.29) is 35.1 Å². The molecule has 13 heavy (non-hydrogen) atoms. The molecule has 0 unspecified atom stereocenters. The fourth-order valence-electron chi connectivity index (χ4n) is 1.03. The van der Waals surface area contributed by atoms with Gasteiger partial charge in [0.05, 0.1) is 5.97 Å². The summed E-state index contributed by atoms with van der Waals surface area (Å²) in [6, 6.07) is 4.70. The molecular weight excluding hydrogens is 181 g/mol. The van der Waals surface area contributed by atoms with Crippen LogP contribution in [0.5, 0.6) is 0 Å². The molecule has 2 rings (SSSR count). The van der Waals surface area contributed by atoms with Crippen LogP contribution in [0.25, 0.3) is 11.0 Å². The number of carboxylic acids is 1. The molecule has 6 heteroatoms. The molecule has 1 aromatic carbocycles. The van der Waals surface area contributed by atoms with Crippen molar-refractivity contribution in [1.82, 2.24) is 15.4 Å². The minimum Gasteiger partial charge on any atom is -0.545 e. The predicted molar refractivity (Wildman–Crippen MR) is 38.2 cm³/mol. The molecule has 0 saturated heterocycles. The number of benzene rings is 1. The van der Waals surface area contributed by atoms with Crippen molar-refractivity contribution in [1.29, 1.82) is 0 Å². The molecule has 0 aliphatic heterocycles. The Kier molecular flexibility index (Phi) is 3.02. The predicted octanol–water partition coefficient (Wildman–Crippen LogP) is -3.67. The van der Waals surface area contributed by atoms with Gasteiger partial charge in [-0.2, -0.15) is 15.4 Å². The second-order valence-electron chi connectivity index (χ2n) is 2.28. The SMILES string of the molecule is O=C([O-])c1cccc2n[nH]nc12.[Na+]. The van der Waals surface area contributed by atoms with E-state index in [0.29, 0.717) is 11.0 Å². The maximum atomic E-state index is 10.5. The fourth-order valence-corrected chi connectivity index (χ4v) is 1.03. The summed E-state index contributed by atoms with van der Waals surface area (Å²) in [5.41, 5.74) is 0.912. The molecule has 2 aromatic rings. The van der Waals surface area contributed by atoms with Gasteiger partial charge in [0.15, 0.2) is 0 Å². The number of aromatic nitrogens is 3. The minimum absolute atomic E-state index is 0. The van der Waals surface area contributed by atoms with Crippen molar-refractivity contribution in [3.05, 3.63) is 23.8 Å². The number of nitrogens with zero attached hydrogens (tertiary/aromatic N) is 2. The Labute approximate surface area is 95.4 Å². The van der Waals surface area contributed by atoms with Crippen LogP contribution < -0.4 is 34.7 Å². The minimum atomic E-state index is -1.24. The summed E-state index contributed by atoms with van der Waals surface area (Å²) in [6.07, 6.45) is 0. The molecule has 1 heterocycles.